The molecule has 0 bridgehead atoms. The number of amides is 2. The third-order valence-corrected chi connectivity index (χ3v) is 5.54. The molecule has 0 aromatic rings. The van der Waals surface area contributed by atoms with Gasteiger partial charge in [0.2, 0.25) is 0 Å². The Kier molecular flexibility index (Phi) is 24.2. The van der Waals surface area contributed by atoms with Crippen LogP contribution in [0.25, 0.3) is 0 Å². The molecule has 0 aliphatic rings. The van der Waals surface area contributed by atoms with Crippen LogP contribution in [0.4, 0.5) is 4.79 Å². The summed E-state index contributed by atoms with van der Waals surface area (Å²) >= 11 is 0. The normalized spacial score (nSPS) is 11.2. The summed E-state index contributed by atoms with van der Waals surface area (Å²) in [6.07, 6.45) is 29.4. The van der Waals surface area contributed by atoms with Crippen molar-refractivity contribution in [1.82, 2.24) is 10.6 Å². The SMILES string of the molecule is CCCCCCCC/C=C\CCCCCCCCNC(=O)NCCCCCCC. The monoisotopic (exact) mass is 408 g/mol. The largest absolute Gasteiger partial charge is 0.338 e. The molecule has 2 N–H and O–H groups in total. The van der Waals surface area contributed by atoms with Crippen LogP contribution < -0.4 is 10.6 Å². The molecule has 0 aromatic heterocycles. The lowest BCUT2D eigenvalue weighted by molar-refractivity contribution is 0.240. The molecule has 0 rings (SSSR count). The average molecular weight is 409 g/mol. The zero-order valence-electron chi connectivity index (χ0n) is 19.9. The molecule has 0 unspecified atom stereocenters. The van der Waals surface area contributed by atoms with Crippen molar-refractivity contribution < 1.29 is 4.79 Å². The molecule has 0 saturated carbocycles. The molecule has 3 heteroatoms. The van der Waals surface area contributed by atoms with Gasteiger partial charge in [0, 0.05) is 13.1 Å². The molecule has 0 radical (unpaired) electrons. The van der Waals surface area contributed by atoms with Crippen LogP contribution in [0, 0.1) is 0 Å². The molecule has 0 heterocycles. The van der Waals surface area contributed by atoms with Crippen molar-refractivity contribution >= 4 is 6.03 Å². The van der Waals surface area contributed by atoms with Crippen molar-refractivity contribution in [2.75, 3.05) is 13.1 Å². The molecular formula is C26H52N2O. The van der Waals surface area contributed by atoms with Gasteiger partial charge in [0.25, 0.3) is 0 Å². The molecule has 0 aliphatic carbocycles. The molecule has 0 aromatic carbocycles. The van der Waals surface area contributed by atoms with E-state index < -0.39 is 0 Å². The first-order valence-electron chi connectivity index (χ1n) is 13.0. The smallest absolute Gasteiger partial charge is 0.314 e. The van der Waals surface area contributed by atoms with Gasteiger partial charge in [-0.2, -0.15) is 0 Å². The summed E-state index contributed by atoms with van der Waals surface area (Å²) in [5.74, 6) is 0. The van der Waals surface area contributed by atoms with Gasteiger partial charge < -0.3 is 10.6 Å². The molecule has 0 atom stereocenters. The highest BCUT2D eigenvalue weighted by molar-refractivity contribution is 5.73. The molecule has 0 fully saturated rings. The molecule has 2 amide bonds. The van der Waals surface area contributed by atoms with E-state index in [0.29, 0.717) is 0 Å². The summed E-state index contributed by atoms with van der Waals surface area (Å²) in [7, 11) is 0. The number of hydrogen-bond donors (Lipinski definition) is 2. The van der Waals surface area contributed by atoms with Gasteiger partial charge in [-0.15, -0.1) is 0 Å². The Morgan fingerprint density at radius 2 is 0.862 bits per heavy atom. The summed E-state index contributed by atoms with van der Waals surface area (Å²) in [6, 6.07) is 0.00763. The molecule has 29 heavy (non-hydrogen) atoms. The van der Waals surface area contributed by atoms with Crippen LogP contribution >= 0.6 is 0 Å². The second-order valence-electron chi connectivity index (χ2n) is 8.53. The van der Waals surface area contributed by atoms with E-state index in [4.69, 9.17) is 0 Å². The van der Waals surface area contributed by atoms with E-state index in [9.17, 15) is 4.79 Å². The minimum atomic E-state index is 0.00763. The van der Waals surface area contributed by atoms with Gasteiger partial charge in [0.15, 0.2) is 0 Å². The second kappa shape index (κ2) is 25.0. The van der Waals surface area contributed by atoms with E-state index in [0.717, 1.165) is 25.9 Å². The van der Waals surface area contributed by atoms with Crippen LogP contribution in [0.15, 0.2) is 12.2 Å². The Labute approximate surface area is 182 Å². The predicted molar refractivity (Wildman–Crippen MR) is 130 cm³/mol. The predicted octanol–water partition coefficient (Wildman–Crippen LogP) is 8.29. The summed E-state index contributed by atoms with van der Waals surface area (Å²) in [6.45, 7) is 6.12. The van der Waals surface area contributed by atoms with Crippen molar-refractivity contribution in [3.8, 4) is 0 Å². The highest BCUT2D eigenvalue weighted by Crippen LogP contribution is 2.09. The first-order chi connectivity index (χ1) is 14.3. The number of hydrogen-bond acceptors (Lipinski definition) is 1. The van der Waals surface area contributed by atoms with Crippen LogP contribution in [-0.2, 0) is 0 Å². The van der Waals surface area contributed by atoms with Crippen molar-refractivity contribution in [1.29, 1.82) is 0 Å². The number of nitrogens with one attached hydrogen (secondary N) is 2. The number of allylic oxidation sites excluding steroid dienone is 2. The van der Waals surface area contributed by atoms with Gasteiger partial charge >= 0.3 is 6.03 Å². The lowest BCUT2D eigenvalue weighted by Gasteiger charge is -2.07. The van der Waals surface area contributed by atoms with E-state index >= 15 is 0 Å². The first kappa shape index (κ1) is 28.0. The zero-order chi connectivity index (χ0) is 21.3. The van der Waals surface area contributed by atoms with Crippen molar-refractivity contribution in [3.63, 3.8) is 0 Å². The Bertz CT molecular complexity index is 355. The topological polar surface area (TPSA) is 41.1 Å². The van der Waals surface area contributed by atoms with Crippen LogP contribution in [-0.4, -0.2) is 19.1 Å². The Hall–Kier alpha value is -0.990. The quantitative estimate of drug-likeness (QED) is 0.137. The number of carbonyl (C=O) groups excluding carboxylic acids is 1. The number of unbranched alkanes of at least 4 members (excludes halogenated alkanes) is 16. The van der Waals surface area contributed by atoms with Gasteiger partial charge in [0.05, 0.1) is 0 Å². The minimum Gasteiger partial charge on any atom is -0.338 e. The van der Waals surface area contributed by atoms with Crippen LogP contribution in [0.2, 0.25) is 0 Å². The van der Waals surface area contributed by atoms with E-state index in [2.05, 4.69) is 36.6 Å². The standard InChI is InChI=1S/C26H52N2O/c1-3-5-7-9-10-11-12-13-14-15-16-17-18-19-21-23-25-28-26(29)27-24-22-20-8-6-4-2/h13-14H,3-12,15-25H2,1-2H3,(H2,27,28,29)/b14-13-. The lowest BCUT2D eigenvalue weighted by Crippen LogP contribution is -2.36. The maximum absolute atomic E-state index is 11.7. The summed E-state index contributed by atoms with van der Waals surface area (Å²) in [5.41, 5.74) is 0. The summed E-state index contributed by atoms with van der Waals surface area (Å²) < 4.78 is 0. The van der Waals surface area contributed by atoms with E-state index in [-0.39, 0.29) is 6.03 Å². The van der Waals surface area contributed by atoms with Crippen LogP contribution in [0.5, 0.6) is 0 Å². The highest BCUT2D eigenvalue weighted by atomic mass is 16.2. The van der Waals surface area contributed by atoms with Crippen molar-refractivity contribution in [2.45, 2.75) is 136 Å². The van der Waals surface area contributed by atoms with E-state index in [1.54, 1.807) is 0 Å². The fourth-order valence-corrected chi connectivity index (χ4v) is 3.57. The first-order valence-corrected chi connectivity index (χ1v) is 13.0. The maximum atomic E-state index is 11.7. The van der Waals surface area contributed by atoms with Gasteiger partial charge in [-0.25, -0.2) is 4.79 Å². The number of urea groups is 1. The molecular weight excluding hydrogens is 356 g/mol. The number of carbonyl (C=O) groups is 1. The lowest BCUT2D eigenvalue weighted by atomic mass is 10.1. The third kappa shape index (κ3) is 25.0. The maximum Gasteiger partial charge on any atom is 0.314 e. The van der Waals surface area contributed by atoms with Crippen molar-refractivity contribution in [3.05, 3.63) is 12.2 Å². The summed E-state index contributed by atoms with van der Waals surface area (Å²) in [5, 5.41) is 5.93. The molecule has 0 spiro atoms. The average Bonchev–Trinajstić information content (AvgIpc) is 2.73. The Balaban J connectivity index is 3.17. The van der Waals surface area contributed by atoms with Crippen LogP contribution in [0.1, 0.15) is 136 Å². The fourth-order valence-electron chi connectivity index (χ4n) is 3.57. The molecule has 0 aliphatic heterocycles. The zero-order valence-corrected chi connectivity index (χ0v) is 19.9. The van der Waals surface area contributed by atoms with Gasteiger partial charge in [-0.1, -0.05) is 109 Å². The third-order valence-electron chi connectivity index (χ3n) is 5.54. The minimum absolute atomic E-state index is 0.00763. The molecule has 172 valence electrons. The van der Waals surface area contributed by atoms with Gasteiger partial charge in [0.1, 0.15) is 0 Å². The summed E-state index contributed by atoms with van der Waals surface area (Å²) in [4.78, 5) is 11.7. The van der Waals surface area contributed by atoms with E-state index in [1.165, 1.54) is 109 Å². The number of rotatable bonds is 22. The van der Waals surface area contributed by atoms with Crippen molar-refractivity contribution in [2.24, 2.45) is 0 Å². The Morgan fingerprint density at radius 3 is 1.28 bits per heavy atom. The molecule has 3 nitrogen and oxygen atoms in total. The Morgan fingerprint density at radius 1 is 0.517 bits per heavy atom. The highest BCUT2D eigenvalue weighted by Gasteiger charge is 1.98. The van der Waals surface area contributed by atoms with Gasteiger partial charge in [-0.3, -0.25) is 0 Å². The van der Waals surface area contributed by atoms with Crippen LogP contribution in [0.3, 0.4) is 0 Å². The van der Waals surface area contributed by atoms with Gasteiger partial charge in [-0.05, 0) is 38.5 Å². The van der Waals surface area contributed by atoms with E-state index in [1.807, 2.05) is 0 Å². The fraction of sp³-hybridized carbons (Fsp3) is 0.885. The second-order valence-corrected chi connectivity index (χ2v) is 8.53. The molecule has 0 saturated heterocycles.